The van der Waals surface area contributed by atoms with Gasteiger partial charge in [0.15, 0.2) is 0 Å². The number of amides is 2. The normalized spacial score (nSPS) is 11.2. The maximum absolute atomic E-state index is 13.0. The first-order valence-corrected chi connectivity index (χ1v) is 9.32. The van der Waals surface area contributed by atoms with E-state index >= 15 is 0 Å². The van der Waals surface area contributed by atoms with Crippen molar-refractivity contribution in [2.45, 2.75) is 13.8 Å². The van der Waals surface area contributed by atoms with Gasteiger partial charge in [0, 0.05) is 17.5 Å². The Kier molecular flexibility index (Phi) is 5.96. The highest BCUT2D eigenvalue weighted by Gasteiger charge is 2.10. The Hall–Kier alpha value is -3.32. The van der Waals surface area contributed by atoms with Crippen LogP contribution in [0.5, 0.6) is 0 Å². The number of hydrazone groups is 1. The number of hydrogen-bond donors (Lipinski definition) is 2. The number of thiophene rings is 1. The minimum absolute atomic E-state index is 0.158. The molecule has 0 aliphatic heterocycles. The van der Waals surface area contributed by atoms with Gasteiger partial charge in [-0.25, -0.2) is 9.82 Å². The second-order valence-electron chi connectivity index (χ2n) is 6.07. The summed E-state index contributed by atoms with van der Waals surface area (Å²) >= 11 is 1.31. The van der Waals surface area contributed by atoms with Crippen molar-refractivity contribution in [2.75, 3.05) is 5.32 Å². The van der Waals surface area contributed by atoms with Crippen molar-refractivity contribution in [1.29, 1.82) is 0 Å². The van der Waals surface area contributed by atoms with Crippen LogP contribution in [0.25, 0.3) is 10.4 Å². The first-order valence-electron chi connectivity index (χ1n) is 8.51. The fourth-order valence-corrected chi connectivity index (χ4v) is 3.41. The molecule has 0 aliphatic rings. The van der Waals surface area contributed by atoms with Crippen LogP contribution in [0.4, 0.5) is 10.1 Å². The van der Waals surface area contributed by atoms with Crippen molar-refractivity contribution < 1.29 is 14.0 Å². The maximum Gasteiger partial charge on any atom is 0.281 e. The molecule has 0 fully saturated rings. The number of nitrogens with one attached hydrogen (secondary N) is 2. The molecule has 0 aliphatic carbocycles. The van der Waals surface area contributed by atoms with Crippen LogP contribution in [0.2, 0.25) is 0 Å². The highest BCUT2D eigenvalue weighted by Crippen LogP contribution is 2.28. The fourth-order valence-electron chi connectivity index (χ4n) is 2.51. The zero-order valence-corrected chi connectivity index (χ0v) is 16.1. The second-order valence-corrected chi connectivity index (χ2v) is 7.15. The first kappa shape index (κ1) is 19.4. The Labute approximate surface area is 165 Å². The molecule has 0 atom stereocenters. The molecule has 142 valence electrons. The molecule has 2 N–H and O–H groups in total. The fraction of sp³-hybridized carbons (Fsp3) is 0.0952. The highest BCUT2D eigenvalue weighted by atomic mass is 32.1. The molecule has 3 rings (SSSR count). The summed E-state index contributed by atoms with van der Waals surface area (Å²) in [7, 11) is 0. The van der Waals surface area contributed by atoms with Crippen molar-refractivity contribution in [3.8, 4) is 10.4 Å². The standard InChI is InChI=1S/C21H18FN3O2S/c1-13(16-4-3-5-18(12-16)23-14(2)26)24-25-21(27)20-11-10-19(28-20)15-6-8-17(22)9-7-15/h3-12H,1-2H3,(H,23,26)(H,25,27)/b24-13-. The van der Waals surface area contributed by atoms with E-state index in [0.717, 1.165) is 16.0 Å². The topological polar surface area (TPSA) is 70.6 Å². The van der Waals surface area contributed by atoms with Gasteiger partial charge in [-0.2, -0.15) is 5.10 Å². The van der Waals surface area contributed by atoms with Gasteiger partial charge in [0.25, 0.3) is 5.91 Å². The third kappa shape index (κ3) is 4.89. The van der Waals surface area contributed by atoms with E-state index in [1.54, 1.807) is 43.3 Å². The minimum atomic E-state index is -0.323. The Bertz CT molecular complexity index is 1040. The van der Waals surface area contributed by atoms with Gasteiger partial charge < -0.3 is 5.32 Å². The van der Waals surface area contributed by atoms with E-state index < -0.39 is 0 Å². The number of hydrogen-bond acceptors (Lipinski definition) is 4. The lowest BCUT2D eigenvalue weighted by Gasteiger charge is -2.06. The third-order valence-electron chi connectivity index (χ3n) is 3.88. The van der Waals surface area contributed by atoms with E-state index in [9.17, 15) is 14.0 Å². The molecule has 0 saturated heterocycles. The summed E-state index contributed by atoms with van der Waals surface area (Å²) in [4.78, 5) is 24.9. The summed E-state index contributed by atoms with van der Waals surface area (Å²) in [5, 5.41) is 6.86. The average molecular weight is 395 g/mol. The van der Waals surface area contributed by atoms with E-state index in [2.05, 4.69) is 15.8 Å². The molecule has 0 bridgehead atoms. The molecule has 3 aromatic rings. The summed E-state index contributed by atoms with van der Waals surface area (Å²) in [6, 6.07) is 16.9. The first-order chi connectivity index (χ1) is 13.4. The van der Waals surface area contributed by atoms with Crippen LogP contribution >= 0.6 is 11.3 Å². The Morgan fingerprint density at radius 1 is 1.00 bits per heavy atom. The van der Waals surface area contributed by atoms with Crippen molar-refractivity contribution in [1.82, 2.24) is 5.43 Å². The molecule has 0 radical (unpaired) electrons. The Morgan fingerprint density at radius 3 is 2.46 bits per heavy atom. The van der Waals surface area contributed by atoms with E-state index in [-0.39, 0.29) is 17.6 Å². The summed E-state index contributed by atoms with van der Waals surface area (Å²) in [5.74, 6) is -0.781. The predicted octanol–water partition coefficient (Wildman–Crippen LogP) is 4.67. The van der Waals surface area contributed by atoms with Crippen LogP contribution in [0, 0.1) is 5.82 Å². The average Bonchev–Trinajstić information content (AvgIpc) is 3.16. The van der Waals surface area contributed by atoms with Gasteiger partial charge in [0.2, 0.25) is 5.91 Å². The lowest BCUT2D eigenvalue weighted by atomic mass is 10.1. The van der Waals surface area contributed by atoms with Gasteiger partial charge in [-0.15, -0.1) is 11.3 Å². The van der Waals surface area contributed by atoms with Gasteiger partial charge in [-0.3, -0.25) is 9.59 Å². The summed E-state index contributed by atoms with van der Waals surface area (Å²) in [6.45, 7) is 3.21. The maximum atomic E-state index is 13.0. The summed E-state index contributed by atoms with van der Waals surface area (Å²) in [6.07, 6.45) is 0. The number of rotatable bonds is 5. The number of nitrogens with zero attached hydrogens (tertiary/aromatic N) is 1. The molecule has 2 amide bonds. The molecule has 28 heavy (non-hydrogen) atoms. The monoisotopic (exact) mass is 395 g/mol. The van der Waals surface area contributed by atoms with E-state index in [1.807, 2.05) is 12.1 Å². The summed E-state index contributed by atoms with van der Waals surface area (Å²) in [5.41, 5.74) is 5.44. The van der Waals surface area contributed by atoms with Gasteiger partial charge >= 0.3 is 0 Å². The van der Waals surface area contributed by atoms with Crippen LogP contribution in [0.15, 0.2) is 65.8 Å². The van der Waals surface area contributed by atoms with Gasteiger partial charge in [-0.05, 0) is 54.4 Å². The highest BCUT2D eigenvalue weighted by molar-refractivity contribution is 7.17. The minimum Gasteiger partial charge on any atom is -0.326 e. The van der Waals surface area contributed by atoms with Gasteiger partial charge in [0.1, 0.15) is 5.82 Å². The molecule has 2 aromatic carbocycles. The molecule has 0 saturated carbocycles. The van der Waals surface area contributed by atoms with Crippen molar-refractivity contribution in [2.24, 2.45) is 5.10 Å². The third-order valence-corrected chi connectivity index (χ3v) is 5.02. The van der Waals surface area contributed by atoms with Gasteiger partial charge in [-0.1, -0.05) is 24.3 Å². The van der Waals surface area contributed by atoms with Crippen molar-refractivity contribution >= 4 is 34.6 Å². The Morgan fingerprint density at radius 2 is 1.75 bits per heavy atom. The SMILES string of the molecule is CC(=O)Nc1cccc(/C(C)=N\NC(=O)c2ccc(-c3ccc(F)cc3)s2)c1. The molecule has 1 aromatic heterocycles. The molecule has 0 spiro atoms. The van der Waals surface area contributed by atoms with E-state index in [4.69, 9.17) is 0 Å². The number of anilines is 1. The van der Waals surface area contributed by atoms with Crippen molar-refractivity contribution in [3.05, 3.63) is 76.9 Å². The van der Waals surface area contributed by atoms with E-state index in [0.29, 0.717) is 16.3 Å². The number of carbonyl (C=O) groups excluding carboxylic acids is 2. The van der Waals surface area contributed by atoms with Crippen LogP contribution in [-0.2, 0) is 4.79 Å². The number of carbonyl (C=O) groups is 2. The molecule has 0 unspecified atom stereocenters. The van der Waals surface area contributed by atoms with Gasteiger partial charge in [0.05, 0.1) is 10.6 Å². The van der Waals surface area contributed by atoms with Crippen LogP contribution in [0.3, 0.4) is 0 Å². The zero-order valence-electron chi connectivity index (χ0n) is 15.3. The van der Waals surface area contributed by atoms with E-state index in [1.165, 1.54) is 30.4 Å². The molecule has 7 heteroatoms. The zero-order chi connectivity index (χ0) is 20.1. The van der Waals surface area contributed by atoms with Crippen LogP contribution in [-0.4, -0.2) is 17.5 Å². The molecule has 5 nitrogen and oxygen atoms in total. The molecule has 1 heterocycles. The van der Waals surface area contributed by atoms with Crippen LogP contribution < -0.4 is 10.7 Å². The summed E-state index contributed by atoms with van der Waals surface area (Å²) < 4.78 is 13.0. The largest absolute Gasteiger partial charge is 0.326 e. The quantitative estimate of drug-likeness (QED) is 0.487. The smallest absolute Gasteiger partial charge is 0.281 e. The van der Waals surface area contributed by atoms with Crippen LogP contribution in [0.1, 0.15) is 29.1 Å². The van der Waals surface area contributed by atoms with Crippen molar-refractivity contribution in [3.63, 3.8) is 0 Å². The second kappa shape index (κ2) is 8.58. The molecular formula is C21H18FN3O2S. The number of benzene rings is 2. The Balaban J connectivity index is 1.69. The lowest BCUT2D eigenvalue weighted by molar-refractivity contribution is -0.114. The lowest BCUT2D eigenvalue weighted by Crippen LogP contribution is -2.18. The number of halogens is 1. The molecular weight excluding hydrogens is 377 g/mol. The predicted molar refractivity (Wildman–Crippen MR) is 110 cm³/mol.